The van der Waals surface area contributed by atoms with Crippen LogP contribution in [0.5, 0.6) is 0 Å². The third-order valence-corrected chi connectivity index (χ3v) is 7.45. The molecule has 3 N–H and O–H groups in total. The molecule has 1 aliphatic heterocycles. The van der Waals surface area contributed by atoms with Crippen molar-refractivity contribution in [3.8, 4) is 0 Å². The van der Waals surface area contributed by atoms with Crippen molar-refractivity contribution in [2.45, 2.75) is 57.5 Å². The SMILES string of the molecule is O=C(NC[C@H](O)C1CCCCC1)C1CCN(c2ncnc3[nH]ccc23)CC12CC2. The third-order valence-electron chi connectivity index (χ3n) is 7.45. The van der Waals surface area contributed by atoms with Crippen LogP contribution in [0, 0.1) is 17.3 Å². The monoisotopic (exact) mass is 397 g/mol. The van der Waals surface area contributed by atoms with Gasteiger partial charge in [0.1, 0.15) is 17.8 Å². The number of carbonyl (C=O) groups excluding carboxylic acids is 1. The van der Waals surface area contributed by atoms with Crippen LogP contribution in [-0.2, 0) is 4.79 Å². The fraction of sp³-hybridized carbons (Fsp3) is 0.682. The van der Waals surface area contributed by atoms with Gasteiger partial charge in [-0.1, -0.05) is 19.3 Å². The predicted octanol–water partition coefficient (Wildman–Crippen LogP) is 2.62. The second-order valence-electron chi connectivity index (χ2n) is 9.27. The summed E-state index contributed by atoms with van der Waals surface area (Å²) >= 11 is 0. The average molecular weight is 398 g/mol. The van der Waals surface area contributed by atoms with E-state index < -0.39 is 6.10 Å². The van der Waals surface area contributed by atoms with Crippen LogP contribution >= 0.6 is 0 Å². The van der Waals surface area contributed by atoms with Crippen LogP contribution in [0.15, 0.2) is 18.6 Å². The summed E-state index contributed by atoms with van der Waals surface area (Å²) in [4.78, 5) is 27.3. The van der Waals surface area contributed by atoms with Gasteiger partial charge in [0.2, 0.25) is 5.91 Å². The van der Waals surface area contributed by atoms with Crippen molar-refractivity contribution < 1.29 is 9.90 Å². The molecule has 2 aliphatic carbocycles. The minimum absolute atomic E-state index is 0.0425. The van der Waals surface area contributed by atoms with Gasteiger partial charge in [0.15, 0.2) is 0 Å². The standard InChI is InChI=1S/C22H31N5O2/c28-18(15-4-2-1-3-5-15)12-24-21(29)17-7-11-27(13-22(17)8-9-22)20-16-6-10-23-19(16)25-14-26-20/h6,10,14-15,17-18,28H,1-5,7-9,11-13H2,(H,24,29)(H,23,25,26)/t17?,18-/m0/s1. The van der Waals surface area contributed by atoms with Crippen LogP contribution in [0.1, 0.15) is 51.4 Å². The largest absolute Gasteiger partial charge is 0.391 e. The zero-order valence-corrected chi connectivity index (χ0v) is 16.9. The maximum atomic E-state index is 13.0. The Hall–Kier alpha value is -2.15. The Balaban J connectivity index is 1.22. The highest BCUT2D eigenvalue weighted by molar-refractivity contribution is 5.87. The van der Waals surface area contributed by atoms with Gasteiger partial charge < -0.3 is 20.3 Å². The molecule has 1 amide bonds. The zero-order chi connectivity index (χ0) is 19.8. The molecule has 2 aromatic rings. The van der Waals surface area contributed by atoms with Crippen molar-refractivity contribution in [3.05, 3.63) is 18.6 Å². The summed E-state index contributed by atoms with van der Waals surface area (Å²) < 4.78 is 0. The molecule has 29 heavy (non-hydrogen) atoms. The van der Waals surface area contributed by atoms with Gasteiger partial charge in [-0.3, -0.25) is 4.79 Å². The van der Waals surface area contributed by atoms with Crippen molar-refractivity contribution in [2.75, 3.05) is 24.5 Å². The minimum Gasteiger partial charge on any atom is -0.391 e. The summed E-state index contributed by atoms with van der Waals surface area (Å²) in [6, 6.07) is 2.02. The third kappa shape index (κ3) is 3.61. The van der Waals surface area contributed by atoms with Crippen LogP contribution in [0.2, 0.25) is 0 Å². The fourth-order valence-electron chi connectivity index (χ4n) is 5.54. The molecule has 0 aromatic carbocycles. The lowest BCUT2D eigenvalue weighted by Gasteiger charge is -2.39. The molecule has 2 saturated carbocycles. The number of H-pyrrole nitrogens is 1. The smallest absolute Gasteiger partial charge is 0.223 e. The van der Waals surface area contributed by atoms with Crippen molar-refractivity contribution in [1.29, 1.82) is 0 Å². The molecule has 156 valence electrons. The van der Waals surface area contributed by atoms with E-state index in [0.29, 0.717) is 12.5 Å². The maximum Gasteiger partial charge on any atom is 0.223 e. The molecule has 7 heteroatoms. The molecular formula is C22H31N5O2. The highest BCUT2D eigenvalue weighted by Gasteiger charge is 2.55. The molecular weight excluding hydrogens is 366 g/mol. The number of aromatic amines is 1. The first-order valence-corrected chi connectivity index (χ1v) is 11.2. The van der Waals surface area contributed by atoms with E-state index in [0.717, 1.165) is 62.0 Å². The summed E-state index contributed by atoms with van der Waals surface area (Å²) in [7, 11) is 0. The van der Waals surface area contributed by atoms with Crippen LogP contribution in [0.4, 0.5) is 5.82 Å². The molecule has 0 radical (unpaired) electrons. The summed E-state index contributed by atoms with van der Waals surface area (Å²) in [5.41, 5.74) is 0.919. The van der Waals surface area contributed by atoms with Crippen molar-refractivity contribution in [1.82, 2.24) is 20.3 Å². The van der Waals surface area contributed by atoms with E-state index in [-0.39, 0.29) is 17.2 Å². The number of nitrogens with one attached hydrogen (secondary N) is 2. The Morgan fingerprint density at radius 1 is 1.28 bits per heavy atom. The van der Waals surface area contributed by atoms with Crippen molar-refractivity contribution >= 4 is 22.8 Å². The molecule has 5 rings (SSSR count). The second kappa shape index (κ2) is 7.59. The number of fused-ring (bicyclic) bond motifs is 1. The predicted molar refractivity (Wildman–Crippen MR) is 111 cm³/mol. The van der Waals surface area contributed by atoms with Gasteiger partial charge in [0.25, 0.3) is 0 Å². The van der Waals surface area contributed by atoms with Gasteiger partial charge in [-0.15, -0.1) is 0 Å². The number of piperidine rings is 1. The fourth-order valence-corrected chi connectivity index (χ4v) is 5.54. The van der Waals surface area contributed by atoms with Crippen LogP contribution in [0.3, 0.4) is 0 Å². The Labute approximate surface area is 171 Å². The number of aliphatic hydroxyl groups excluding tert-OH is 1. The normalized spacial score (nSPS) is 25.3. The van der Waals surface area contributed by atoms with Crippen molar-refractivity contribution in [2.24, 2.45) is 17.3 Å². The number of hydrogen-bond acceptors (Lipinski definition) is 5. The number of aliphatic hydroxyl groups is 1. The number of amides is 1. The molecule has 3 aliphatic rings. The van der Waals surface area contributed by atoms with E-state index in [1.165, 1.54) is 19.3 Å². The molecule has 7 nitrogen and oxygen atoms in total. The van der Waals surface area contributed by atoms with Crippen LogP contribution < -0.4 is 10.2 Å². The molecule has 2 atom stereocenters. The lowest BCUT2D eigenvalue weighted by molar-refractivity contribution is -0.128. The quantitative estimate of drug-likeness (QED) is 0.721. The Morgan fingerprint density at radius 2 is 2.10 bits per heavy atom. The first-order chi connectivity index (χ1) is 14.2. The maximum absolute atomic E-state index is 13.0. The van der Waals surface area contributed by atoms with E-state index in [2.05, 4.69) is 25.2 Å². The molecule has 3 heterocycles. The number of carbonyl (C=O) groups is 1. The molecule has 3 fully saturated rings. The zero-order valence-electron chi connectivity index (χ0n) is 16.9. The van der Waals surface area contributed by atoms with Gasteiger partial charge >= 0.3 is 0 Å². The second-order valence-corrected chi connectivity index (χ2v) is 9.27. The topological polar surface area (TPSA) is 94.1 Å². The first kappa shape index (κ1) is 18.9. The Kier molecular flexibility index (Phi) is 4.94. The molecule has 1 unspecified atom stereocenters. The summed E-state index contributed by atoms with van der Waals surface area (Å²) in [6.45, 7) is 2.09. The summed E-state index contributed by atoms with van der Waals surface area (Å²) in [5, 5.41) is 14.6. The van der Waals surface area contributed by atoms with Crippen molar-refractivity contribution in [3.63, 3.8) is 0 Å². The van der Waals surface area contributed by atoms with E-state index in [9.17, 15) is 9.90 Å². The number of anilines is 1. The number of hydrogen-bond donors (Lipinski definition) is 3. The number of aromatic nitrogens is 3. The van der Waals surface area contributed by atoms with Gasteiger partial charge in [-0.05, 0) is 49.5 Å². The first-order valence-electron chi connectivity index (χ1n) is 11.2. The van der Waals surface area contributed by atoms with Gasteiger partial charge in [0.05, 0.1) is 11.5 Å². The highest BCUT2D eigenvalue weighted by Crippen LogP contribution is 2.56. The summed E-state index contributed by atoms with van der Waals surface area (Å²) in [6.07, 6.45) is 12.0. The van der Waals surface area contributed by atoms with Gasteiger partial charge in [0, 0.05) is 31.7 Å². The van der Waals surface area contributed by atoms with Crippen LogP contribution in [-0.4, -0.2) is 51.7 Å². The number of rotatable bonds is 5. The Morgan fingerprint density at radius 3 is 2.90 bits per heavy atom. The van der Waals surface area contributed by atoms with Crippen LogP contribution in [0.25, 0.3) is 11.0 Å². The van der Waals surface area contributed by atoms with Gasteiger partial charge in [-0.2, -0.15) is 0 Å². The van der Waals surface area contributed by atoms with E-state index >= 15 is 0 Å². The minimum atomic E-state index is -0.405. The number of nitrogens with zero attached hydrogens (tertiary/aromatic N) is 3. The van der Waals surface area contributed by atoms with E-state index in [4.69, 9.17) is 0 Å². The molecule has 1 saturated heterocycles. The molecule has 2 aromatic heterocycles. The molecule has 0 bridgehead atoms. The Bertz CT molecular complexity index is 871. The van der Waals surface area contributed by atoms with E-state index in [1.54, 1.807) is 6.33 Å². The lowest BCUT2D eigenvalue weighted by atomic mass is 9.81. The van der Waals surface area contributed by atoms with Gasteiger partial charge in [-0.25, -0.2) is 9.97 Å². The molecule has 1 spiro atoms. The lowest BCUT2D eigenvalue weighted by Crippen LogP contribution is -2.49. The van der Waals surface area contributed by atoms with E-state index in [1.807, 2.05) is 12.3 Å². The average Bonchev–Trinajstić information content (AvgIpc) is 3.34. The summed E-state index contributed by atoms with van der Waals surface area (Å²) in [5.74, 6) is 1.49. The highest BCUT2D eigenvalue weighted by atomic mass is 16.3.